The van der Waals surface area contributed by atoms with Gasteiger partial charge in [0.15, 0.2) is 0 Å². The van der Waals surface area contributed by atoms with E-state index in [0.29, 0.717) is 6.10 Å². The standard InChI is InChI=1S/C16H26N2O/c17-10-6-12-19-16-9-4-5-11-18(14-16)13-15-7-2-1-3-8-15/h1-3,7-8,16H,4-6,9-14,17H2. The molecule has 106 valence electrons. The van der Waals surface area contributed by atoms with Gasteiger partial charge in [0.25, 0.3) is 0 Å². The molecule has 3 heteroatoms. The summed E-state index contributed by atoms with van der Waals surface area (Å²) >= 11 is 0. The van der Waals surface area contributed by atoms with Crippen LogP contribution in [0.1, 0.15) is 31.2 Å². The van der Waals surface area contributed by atoms with Crippen LogP contribution in [0.4, 0.5) is 0 Å². The van der Waals surface area contributed by atoms with Crippen molar-refractivity contribution in [1.82, 2.24) is 4.90 Å². The minimum atomic E-state index is 0.387. The summed E-state index contributed by atoms with van der Waals surface area (Å²) in [7, 11) is 0. The Bertz CT molecular complexity index is 342. The van der Waals surface area contributed by atoms with E-state index in [1.165, 1.54) is 31.4 Å². The van der Waals surface area contributed by atoms with Gasteiger partial charge in [0, 0.05) is 19.7 Å². The molecule has 1 heterocycles. The quantitative estimate of drug-likeness (QED) is 0.800. The second-order valence-corrected chi connectivity index (χ2v) is 5.35. The minimum absolute atomic E-state index is 0.387. The first kappa shape index (κ1) is 14.5. The highest BCUT2D eigenvalue weighted by molar-refractivity contribution is 5.14. The molecule has 19 heavy (non-hydrogen) atoms. The summed E-state index contributed by atoms with van der Waals surface area (Å²) in [5.74, 6) is 0. The van der Waals surface area contributed by atoms with E-state index >= 15 is 0 Å². The second kappa shape index (κ2) is 8.31. The van der Waals surface area contributed by atoms with Crippen molar-refractivity contribution in [1.29, 1.82) is 0 Å². The van der Waals surface area contributed by atoms with Crippen LogP contribution in [0.3, 0.4) is 0 Å². The lowest BCUT2D eigenvalue weighted by atomic mass is 10.2. The maximum Gasteiger partial charge on any atom is 0.0702 e. The Morgan fingerprint density at radius 2 is 2.05 bits per heavy atom. The summed E-state index contributed by atoms with van der Waals surface area (Å²) in [6.45, 7) is 4.81. The number of benzene rings is 1. The molecule has 0 spiro atoms. The van der Waals surface area contributed by atoms with Crippen LogP contribution < -0.4 is 5.73 Å². The third-order valence-corrected chi connectivity index (χ3v) is 3.66. The van der Waals surface area contributed by atoms with Gasteiger partial charge < -0.3 is 10.5 Å². The molecule has 1 unspecified atom stereocenters. The van der Waals surface area contributed by atoms with E-state index in [1.54, 1.807) is 0 Å². The Hall–Kier alpha value is -0.900. The first-order valence-corrected chi connectivity index (χ1v) is 7.46. The van der Waals surface area contributed by atoms with Crippen molar-refractivity contribution in [2.45, 2.75) is 38.3 Å². The molecular weight excluding hydrogens is 236 g/mol. The van der Waals surface area contributed by atoms with E-state index in [9.17, 15) is 0 Å². The van der Waals surface area contributed by atoms with Gasteiger partial charge >= 0.3 is 0 Å². The highest BCUT2D eigenvalue weighted by Gasteiger charge is 2.18. The van der Waals surface area contributed by atoms with Gasteiger partial charge in [-0.1, -0.05) is 30.3 Å². The second-order valence-electron chi connectivity index (χ2n) is 5.35. The molecule has 1 aliphatic heterocycles. The summed E-state index contributed by atoms with van der Waals surface area (Å²) in [5, 5.41) is 0. The van der Waals surface area contributed by atoms with Gasteiger partial charge in [-0.25, -0.2) is 0 Å². The van der Waals surface area contributed by atoms with E-state index in [2.05, 4.69) is 35.2 Å². The van der Waals surface area contributed by atoms with Gasteiger partial charge in [-0.2, -0.15) is 0 Å². The van der Waals surface area contributed by atoms with Gasteiger partial charge in [0.1, 0.15) is 0 Å². The normalized spacial score (nSPS) is 21.2. The molecule has 0 saturated carbocycles. The topological polar surface area (TPSA) is 38.5 Å². The molecule has 0 aliphatic carbocycles. The fourth-order valence-electron chi connectivity index (χ4n) is 2.63. The fraction of sp³-hybridized carbons (Fsp3) is 0.625. The molecule has 1 aliphatic rings. The predicted molar refractivity (Wildman–Crippen MR) is 79.0 cm³/mol. The third-order valence-electron chi connectivity index (χ3n) is 3.66. The van der Waals surface area contributed by atoms with Crippen LogP contribution >= 0.6 is 0 Å². The third kappa shape index (κ3) is 5.31. The molecule has 0 aromatic heterocycles. The summed E-state index contributed by atoms with van der Waals surface area (Å²) < 4.78 is 5.95. The number of hydrogen-bond acceptors (Lipinski definition) is 3. The maximum atomic E-state index is 5.95. The smallest absolute Gasteiger partial charge is 0.0702 e. The van der Waals surface area contributed by atoms with Gasteiger partial charge in [-0.3, -0.25) is 4.90 Å². The van der Waals surface area contributed by atoms with Crippen molar-refractivity contribution in [2.24, 2.45) is 5.73 Å². The molecular formula is C16H26N2O. The summed E-state index contributed by atoms with van der Waals surface area (Å²) in [4.78, 5) is 2.52. The molecule has 1 saturated heterocycles. The van der Waals surface area contributed by atoms with Crippen LogP contribution in [0.25, 0.3) is 0 Å². The Morgan fingerprint density at radius 3 is 2.84 bits per heavy atom. The zero-order chi connectivity index (χ0) is 13.3. The first-order valence-electron chi connectivity index (χ1n) is 7.46. The van der Waals surface area contributed by atoms with Gasteiger partial charge in [0.2, 0.25) is 0 Å². The number of hydrogen-bond donors (Lipinski definition) is 1. The van der Waals surface area contributed by atoms with E-state index in [-0.39, 0.29) is 0 Å². The molecule has 2 rings (SSSR count). The number of rotatable bonds is 6. The van der Waals surface area contributed by atoms with E-state index in [4.69, 9.17) is 10.5 Å². The Morgan fingerprint density at radius 1 is 1.21 bits per heavy atom. The molecule has 0 amide bonds. The molecule has 3 nitrogen and oxygen atoms in total. The number of nitrogens with two attached hydrogens (primary N) is 1. The van der Waals surface area contributed by atoms with E-state index < -0.39 is 0 Å². The highest BCUT2D eigenvalue weighted by Crippen LogP contribution is 2.16. The van der Waals surface area contributed by atoms with Crippen LogP contribution in [0, 0.1) is 0 Å². The largest absolute Gasteiger partial charge is 0.377 e. The summed E-state index contributed by atoms with van der Waals surface area (Å²) in [6.07, 6.45) is 5.10. The van der Waals surface area contributed by atoms with Gasteiger partial charge in [-0.15, -0.1) is 0 Å². The van der Waals surface area contributed by atoms with Crippen LogP contribution in [-0.4, -0.2) is 37.2 Å². The average molecular weight is 262 g/mol. The zero-order valence-electron chi connectivity index (χ0n) is 11.8. The molecule has 1 fully saturated rings. The maximum absolute atomic E-state index is 5.95. The van der Waals surface area contributed by atoms with E-state index in [1.807, 2.05) is 0 Å². The van der Waals surface area contributed by atoms with E-state index in [0.717, 1.165) is 32.7 Å². The van der Waals surface area contributed by atoms with Crippen molar-refractivity contribution in [3.63, 3.8) is 0 Å². The molecule has 2 N–H and O–H groups in total. The monoisotopic (exact) mass is 262 g/mol. The Labute approximate surface area is 116 Å². The molecule has 0 radical (unpaired) electrons. The number of nitrogens with zero attached hydrogens (tertiary/aromatic N) is 1. The SMILES string of the molecule is NCCCOC1CCCCN(Cc2ccccc2)C1. The van der Waals surface area contributed by atoms with Crippen molar-refractivity contribution in [3.05, 3.63) is 35.9 Å². The lowest BCUT2D eigenvalue weighted by molar-refractivity contribution is 0.0272. The van der Waals surface area contributed by atoms with Crippen LogP contribution in [0.15, 0.2) is 30.3 Å². The van der Waals surface area contributed by atoms with Crippen molar-refractivity contribution in [3.8, 4) is 0 Å². The Kier molecular flexibility index (Phi) is 6.34. The Balaban J connectivity index is 1.82. The van der Waals surface area contributed by atoms with Crippen molar-refractivity contribution < 1.29 is 4.74 Å². The van der Waals surface area contributed by atoms with Gasteiger partial charge in [0.05, 0.1) is 6.10 Å². The summed E-state index contributed by atoms with van der Waals surface area (Å²) in [5.41, 5.74) is 6.91. The van der Waals surface area contributed by atoms with Gasteiger partial charge in [-0.05, 0) is 44.3 Å². The van der Waals surface area contributed by atoms with Crippen molar-refractivity contribution in [2.75, 3.05) is 26.2 Å². The highest BCUT2D eigenvalue weighted by atomic mass is 16.5. The first-order chi connectivity index (χ1) is 9.38. The lowest BCUT2D eigenvalue weighted by Crippen LogP contribution is -2.32. The molecule has 0 bridgehead atoms. The van der Waals surface area contributed by atoms with Crippen LogP contribution in [0.5, 0.6) is 0 Å². The molecule has 1 aromatic carbocycles. The zero-order valence-corrected chi connectivity index (χ0v) is 11.8. The summed E-state index contributed by atoms with van der Waals surface area (Å²) in [6, 6.07) is 10.7. The average Bonchev–Trinajstić information content (AvgIpc) is 2.66. The lowest BCUT2D eigenvalue weighted by Gasteiger charge is -2.24. The molecule has 1 atom stereocenters. The van der Waals surface area contributed by atoms with Crippen molar-refractivity contribution >= 4 is 0 Å². The fourth-order valence-corrected chi connectivity index (χ4v) is 2.63. The predicted octanol–water partition coefficient (Wildman–Crippen LogP) is 2.41. The van der Waals surface area contributed by atoms with Crippen LogP contribution in [0.2, 0.25) is 0 Å². The number of likely N-dealkylation sites (tertiary alicyclic amines) is 1. The number of ether oxygens (including phenoxy) is 1. The molecule has 1 aromatic rings. The minimum Gasteiger partial charge on any atom is -0.377 e. The van der Waals surface area contributed by atoms with Crippen LogP contribution in [-0.2, 0) is 11.3 Å².